The van der Waals surface area contributed by atoms with Crippen molar-refractivity contribution in [2.24, 2.45) is 0 Å². The zero-order valence-electron chi connectivity index (χ0n) is 18.3. The van der Waals surface area contributed by atoms with E-state index in [1.807, 2.05) is 17.5 Å². The summed E-state index contributed by atoms with van der Waals surface area (Å²) < 4.78 is 15.1. The second-order valence-corrected chi connectivity index (χ2v) is 9.98. The molecule has 4 aromatic carbocycles. The molecular weight excluding hydrogens is 438 g/mol. The monoisotopic (exact) mass is 455 g/mol. The third kappa shape index (κ3) is 2.43. The van der Waals surface area contributed by atoms with Gasteiger partial charge in [0, 0.05) is 47.3 Å². The number of nitrogens with zero attached hydrogens (tertiary/aromatic N) is 1. The zero-order chi connectivity index (χ0) is 22.4. The fourth-order valence-electron chi connectivity index (χ4n) is 5.15. The van der Waals surface area contributed by atoms with Crippen LogP contribution in [0.3, 0.4) is 0 Å². The van der Waals surface area contributed by atoms with Crippen molar-refractivity contribution in [1.29, 1.82) is 0 Å². The van der Waals surface area contributed by atoms with Crippen LogP contribution in [0.4, 0.5) is 0 Å². The van der Waals surface area contributed by atoms with Gasteiger partial charge in [-0.05, 0) is 48.9 Å². The number of para-hydroxylation sites is 1. The van der Waals surface area contributed by atoms with E-state index >= 15 is 0 Å². The van der Waals surface area contributed by atoms with Gasteiger partial charge in [0.05, 0.1) is 11.9 Å². The lowest BCUT2D eigenvalue weighted by Crippen LogP contribution is -1.83. The van der Waals surface area contributed by atoms with Crippen molar-refractivity contribution in [1.82, 2.24) is 4.98 Å². The Hall–Kier alpha value is -4.15. The van der Waals surface area contributed by atoms with Crippen molar-refractivity contribution in [2.45, 2.75) is 6.92 Å². The molecule has 0 spiro atoms. The van der Waals surface area contributed by atoms with Gasteiger partial charge in [0.1, 0.15) is 16.7 Å². The van der Waals surface area contributed by atoms with Gasteiger partial charge in [-0.3, -0.25) is 4.98 Å². The van der Waals surface area contributed by atoms with Gasteiger partial charge >= 0.3 is 0 Å². The number of hydrogen-bond acceptors (Lipinski definition) is 4. The first-order chi connectivity index (χ1) is 16.7. The van der Waals surface area contributed by atoms with Crippen LogP contribution in [0.2, 0.25) is 0 Å². The van der Waals surface area contributed by atoms with E-state index in [0.29, 0.717) is 0 Å². The maximum Gasteiger partial charge on any atom is 0.153 e. The van der Waals surface area contributed by atoms with Gasteiger partial charge in [-0.15, -0.1) is 11.3 Å². The number of fused-ring (bicyclic) bond motifs is 9. The van der Waals surface area contributed by atoms with E-state index in [1.165, 1.54) is 25.7 Å². The Labute approximate surface area is 197 Å². The van der Waals surface area contributed by atoms with E-state index in [-0.39, 0.29) is 0 Å². The maximum atomic E-state index is 6.33. The molecule has 8 aromatic rings. The van der Waals surface area contributed by atoms with Crippen LogP contribution in [0, 0.1) is 6.92 Å². The summed E-state index contributed by atoms with van der Waals surface area (Å²) in [5.41, 5.74) is 6.53. The van der Waals surface area contributed by atoms with Crippen molar-refractivity contribution in [2.75, 3.05) is 0 Å². The molecule has 0 bridgehead atoms. The molecule has 0 aliphatic heterocycles. The fraction of sp³-hybridized carbons (Fsp3) is 0.0333. The van der Waals surface area contributed by atoms with Crippen LogP contribution in [0.15, 0.2) is 93.9 Å². The molecule has 0 amide bonds. The predicted molar refractivity (Wildman–Crippen MR) is 142 cm³/mol. The molecule has 0 fully saturated rings. The van der Waals surface area contributed by atoms with Crippen LogP contribution in [-0.4, -0.2) is 4.98 Å². The molecule has 0 aliphatic rings. The van der Waals surface area contributed by atoms with Crippen LogP contribution < -0.4 is 0 Å². The molecule has 4 heteroatoms. The Morgan fingerprint density at radius 2 is 1.47 bits per heavy atom. The highest BCUT2D eigenvalue weighted by molar-refractivity contribution is 7.25. The van der Waals surface area contributed by atoms with Crippen LogP contribution >= 0.6 is 11.3 Å². The minimum atomic E-state index is 0.799. The first-order valence-corrected chi connectivity index (χ1v) is 12.1. The molecule has 34 heavy (non-hydrogen) atoms. The summed E-state index contributed by atoms with van der Waals surface area (Å²) in [6.45, 7) is 2.08. The number of aryl methyl sites for hydroxylation is 1. The number of furan rings is 2. The number of pyridine rings is 1. The highest BCUT2D eigenvalue weighted by atomic mass is 32.1. The van der Waals surface area contributed by atoms with Crippen molar-refractivity contribution < 1.29 is 8.83 Å². The minimum Gasteiger partial charge on any atom is -0.455 e. The molecule has 0 N–H and O–H groups in total. The van der Waals surface area contributed by atoms with E-state index in [2.05, 4.69) is 85.8 Å². The molecule has 0 radical (unpaired) electrons. The summed E-state index contributed by atoms with van der Waals surface area (Å²) in [6.07, 6.45) is 1.84. The van der Waals surface area contributed by atoms with E-state index in [9.17, 15) is 0 Å². The Kier molecular flexibility index (Phi) is 3.48. The lowest BCUT2D eigenvalue weighted by Gasteiger charge is -2.02. The van der Waals surface area contributed by atoms with Gasteiger partial charge < -0.3 is 8.83 Å². The lowest BCUT2D eigenvalue weighted by molar-refractivity contribution is 0.666. The molecule has 4 heterocycles. The highest BCUT2D eigenvalue weighted by Gasteiger charge is 2.16. The van der Waals surface area contributed by atoms with Gasteiger partial charge in [-0.25, -0.2) is 0 Å². The molecule has 0 aliphatic carbocycles. The molecule has 160 valence electrons. The quantitative estimate of drug-likeness (QED) is 0.248. The molecule has 8 rings (SSSR count). The molecule has 4 aromatic heterocycles. The predicted octanol–water partition coefficient (Wildman–Crippen LogP) is 9.22. The number of aromatic nitrogens is 1. The van der Waals surface area contributed by atoms with Crippen LogP contribution in [0.1, 0.15) is 5.56 Å². The van der Waals surface area contributed by atoms with Gasteiger partial charge in [0.15, 0.2) is 5.58 Å². The van der Waals surface area contributed by atoms with E-state index in [0.717, 1.165) is 55.1 Å². The Morgan fingerprint density at radius 3 is 2.44 bits per heavy atom. The highest BCUT2D eigenvalue weighted by Crippen LogP contribution is 2.41. The number of hydrogen-bond donors (Lipinski definition) is 0. The minimum absolute atomic E-state index is 0.799. The SMILES string of the molecule is Cc1ccc2c(c1)oc1c(-c3cc4c(cn3)oc3cc5c(cc34)sc3ccccc35)cccc12. The average Bonchev–Trinajstić information content (AvgIpc) is 3.52. The Balaban J connectivity index is 1.40. The third-order valence-corrected chi connectivity index (χ3v) is 7.92. The summed E-state index contributed by atoms with van der Waals surface area (Å²) in [6, 6.07) is 27.7. The van der Waals surface area contributed by atoms with Crippen molar-refractivity contribution in [3.05, 3.63) is 90.6 Å². The lowest BCUT2D eigenvalue weighted by atomic mass is 10.0. The normalized spacial score (nSPS) is 12.3. The number of thiophene rings is 1. The molecule has 3 nitrogen and oxygen atoms in total. The summed E-state index contributed by atoms with van der Waals surface area (Å²) in [4.78, 5) is 4.77. The standard InChI is InChI=1S/C30H17NO2S/c1-16-9-10-17-19-6-4-7-20(30(19)33-25(17)11-16)24-12-21-22-14-29-23(13-26(22)32-27(21)15-31-24)18-5-2-3-8-28(18)34-29/h2-15H,1H3. The summed E-state index contributed by atoms with van der Waals surface area (Å²) in [5.74, 6) is 0. The zero-order valence-corrected chi connectivity index (χ0v) is 19.1. The summed E-state index contributed by atoms with van der Waals surface area (Å²) in [5, 5.41) is 6.94. The van der Waals surface area contributed by atoms with Crippen molar-refractivity contribution in [3.63, 3.8) is 0 Å². The Bertz CT molecular complexity index is 2090. The molecular formula is C30H17NO2S. The fourth-order valence-corrected chi connectivity index (χ4v) is 6.28. The molecule has 0 saturated heterocycles. The number of benzene rings is 4. The molecule has 0 saturated carbocycles. The van der Waals surface area contributed by atoms with Gasteiger partial charge in [0.2, 0.25) is 0 Å². The first-order valence-electron chi connectivity index (χ1n) is 11.3. The van der Waals surface area contributed by atoms with Gasteiger partial charge in [-0.1, -0.05) is 42.5 Å². The third-order valence-electron chi connectivity index (χ3n) is 6.79. The topological polar surface area (TPSA) is 39.2 Å². The van der Waals surface area contributed by atoms with Crippen molar-refractivity contribution in [3.8, 4) is 11.3 Å². The summed E-state index contributed by atoms with van der Waals surface area (Å²) in [7, 11) is 0. The first kappa shape index (κ1) is 18.3. The van der Waals surface area contributed by atoms with Crippen LogP contribution in [0.5, 0.6) is 0 Å². The maximum absolute atomic E-state index is 6.33. The van der Waals surface area contributed by atoms with E-state index in [1.54, 1.807) is 0 Å². The summed E-state index contributed by atoms with van der Waals surface area (Å²) >= 11 is 1.82. The molecule has 0 atom stereocenters. The van der Waals surface area contributed by atoms with Crippen LogP contribution in [0.25, 0.3) is 75.3 Å². The average molecular weight is 456 g/mol. The second kappa shape index (κ2) is 6.46. The second-order valence-electron chi connectivity index (χ2n) is 8.89. The van der Waals surface area contributed by atoms with E-state index < -0.39 is 0 Å². The largest absolute Gasteiger partial charge is 0.455 e. The van der Waals surface area contributed by atoms with Gasteiger partial charge in [0.25, 0.3) is 0 Å². The van der Waals surface area contributed by atoms with Crippen LogP contribution in [-0.2, 0) is 0 Å². The Morgan fingerprint density at radius 1 is 0.618 bits per heavy atom. The van der Waals surface area contributed by atoms with Gasteiger partial charge in [-0.2, -0.15) is 0 Å². The number of rotatable bonds is 1. The smallest absolute Gasteiger partial charge is 0.153 e. The van der Waals surface area contributed by atoms with Crippen molar-refractivity contribution >= 4 is 75.4 Å². The molecule has 0 unspecified atom stereocenters. The van der Waals surface area contributed by atoms with E-state index in [4.69, 9.17) is 13.8 Å².